The van der Waals surface area contributed by atoms with Crippen LogP contribution in [0.2, 0.25) is 0 Å². The van der Waals surface area contributed by atoms with E-state index >= 15 is 0 Å². The summed E-state index contributed by atoms with van der Waals surface area (Å²) >= 11 is 1.52. The van der Waals surface area contributed by atoms with Gasteiger partial charge in [0.05, 0.1) is 11.1 Å². The lowest BCUT2D eigenvalue weighted by molar-refractivity contribution is -0.137. The summed E-state index contributed by atoms with van der Waals surface area (Å²) in [7, 11) is 0. The Bertz CT molecular complexity index is 1260. The van der Waals surface area contributed by atoms with E-state index in [2.05, 4.69) is 0 Å². The van der Waals surface area contributed by atoms with Gasteiger partial charge < -0.3 is 9.84 Å². The Morgan fingerprint density at radius 1 is 1.06 bits per heavy atom. The normalized spacial score (nSPS) is 11.6. The Balaban J connectivity index is 1.68. The predicted octanol–water partition coefficient (Wildman–Crippen LogP) is 7.17. The smallest absolute Gasteiger partial charge is 0.416 e. The van der Waals surface area contributed by atoms with E-state index in [1.54, 1.807) is 31.2 Å². The highest BCUT2D eigenvalue weighted by molar-refractivity contribution is 7.08. The molecular formula is C24H17F3O3S. The Labute approximate surface area is 180 Å². The average Bonchev–Trinajstić information content (AvgIpc) is 3.26. The largest absolute Gasteiger partial charge is 0.489 e. The number of hydrogen-bond acceptors (Lipinski definition) is 3. The third-order valence-electron chi connectivity index (χ3n) is 5.07. The number of thiophene rings is 1. The monoisotopic (exact) mass is 442 g/mol. The molecule has 0 radical (unpaired) electrons. The minimum absolute atomic E-state index is 0.0305. The maximum Gasteiger partial charge on any atom is 0.416 e. The molecule has 0 amide bonds. The first-order valence-corrected chi connectivity index (χ1v) is 10.3. The van der Waals surface area contributed by atoms with Gasteiger partial charge in [-0.05, 0) is 93.2 Å². The fraction of sp³-hybridized carbons (Fsp3) is 0.125. The van der Waals surface area contributed by atoms with Gasteiger partial charge in [0.2, 0.25) is 0 Å². The second kappa shape index (κ2) is 8.07. The molecule has 3 nitrogen and oxygen atoms in total. The van der Waals surface area contributed by atoms with Crippen molar-refractivity contribution in [2.75, 3.05) is 0 Å². The first-order valence-electron chi connectivity index (χ1n) is 9.35. The van der Waals surface area contributed by atoms with Crippen molar-refractivity contribution in [2.45, 2.75) is 19.7 Å². The van der Waals surface area contributed by atoms with Crippen LogP contribution in [0.3, 0.4) is 0 Å². The Morgan fingerprint density at radius 2 is 1.87 bits per heavy atom. The lowest BCUT2D eigenvalue weighted by atomic mass is 9.97. The molecule has 0 bridgehead atoms. The van der Waals surface area contributed by atoms with Gasteiger partial charge in [0.1, 0.15) is 12.4 Å². The number of aromatic carboxylic acids is 1. The average molecular weight is 442 g/mol. The Morgan fingerprint density at radius 3 is 2.55 bits per heavy atom. The molecular weight excluding hydrogens is 425 g/mol. The van der Waals surface area contributed by atoms with Crippen LogP contribution in [-0.2, 0) is 12.8 Å². The molecule has 1 N–H and O–H groups in total. The Hall–Kier alpha value is -3.32. The van der Waals surface area contributed by atoms with Crippen LogP contribution in [0.5, 0.6) is 5.75 Å². The van der Waals surface area contributed by atoms with Crippen LogP contribution in [0.1, 0.15) is 27.0 Å². The molecule has 0 fully saturated rings. The summed E-state index contributed by atoms with van der Waals surface area (Å²) in [6.07, 6.45) is -4.42. The van der Waals surface area contributed by atoms with E-state index in [0.29, 0.717) is 22.3 Å². The van der Waals surface area contributed by atoms with Gasteiger partial charge in [-0.15, -0.1) is 0 Å². The maximum atomic E-state index is 13.0. The van der Waals surface area contributed by atoms with Crippen LogP contribution < -0.4 is 4.74 Å². The van der Waals surface area contributed by atoms with Crippen molar-refractivity contribution in [3.63, 3.8) is 0 Å². The lowest BCUT2D eigenvalue weighted by Gasteiger charge is -2.14. The zero-order valence-corrected chi connectivity index (χ0v) is 17.2. The van der Waals surface area contributed by atoms with Gasteiger partial charge >= 0.3 is 12.1 Å². The highest BCUT2D eigenvalue weighted by atomic mass is 32.1. The first kappa shape index (κ1) is 20.9. The van der Waals surface area contributed by atoms with Gasteiger partial charge in [-0.2, -0.15) is 24.5 Å². The zero-order valence-electron chi connectivity index (χ0n) is 16.4. The second-order valence-corrected chi connectivity index (χ2v) is 7.93. The molecule has 0 aliphatic heterocycles. The number of rotatable bonds is 5. The third-order valence-corrected chi connectivity index (χ3v) is 5.76. The van der Waals surface area contributed by atoms with Crippen molar-refractivity contribution in [1.29, 1.82) is 0 Å². The molecule has 0 saturated carbocycles. The number of benzene rings is 3. The van der Waals surface area contributed by atoms with Crippen molar-refractivity contribution in [3.8, 4) is 16.9 Å². The van der Waals surface area contributed by atoms with Gasteiger partial charge in [-0.25, -0.2) is 4.79 Å². The maximum absolute atomic E-state index is 13.0. The highest BCUT2D eigenvalue weighted by Gasteiger charge is 2.30. The standard InChI is InChI=1S/C24H17F3O3S/c1-14-2-3-19(24(25,26)27)9-18(14)12-30-20-4-5-21-16(10-20)8-17(23(28)29)11-22(21)15-6-7-31-13-15/h2-11,13H,12H2,1H3,(H,28,29). The van der Waals surface area contributed by atoms with Gasteiger partial charge in [-0.3, -0.25) is 0 Å². The molecule has 0 aliphatic carbocycles. The molecule has 31 heavy (non-hydrogen) atoms. The summed E-state index contributed by atoms with van der Waals surface area (Å²) in [6.45, 7) is 1.70. The van der Waals surface area contributed by atoms with E-state index in [1.165, 1.54) is 17.4 Å². The topological polar surface area (TPSA) is 46.5 Å². The molecule has 7 heteroatoms. The molecule has 0 spiro atoms. The summed E-state index contributed by atoms with van der Waals surface area (Å²) in [5, 5.41) is 14.9. The quantitative estimate of drug-likeness (QED) is 0.356. The molecule has 0 unspecified atom stereocenters. The van der Waals surface area contributed by atoms with Crippen molar-refractivity contribution < 1.29 is 27.8 Å². The second-order valence-electron chi connectivity index (χ2n) is 7.15. The van der Waals surface area contributed by atoms with Crippen molar-refractivity contribution in [2.24, 2.45) is 0 Å². The number of carbonyl (C=O) groups is 1. The van der Waals surface area contributed by atoms with Gasteiger partial charge in [0.15, 0.2) is 0 Å². The van der Waals surface area contributed by atoms with Crippen LogP contribution in [0.25, 0.3) is 21.9 Å². The molecule has 4 aromatic rings. The summed E-state index contributed by atoms with van der Waals surface area (Å²) in [4.78, 5) is 11.6. The van der Waals surface area contributed by atoms with Crippen LogP contribution in [-0.4, -0.2) is 11.1 Å². The number of aryl methyl sites for hydroxylation is 1. The van der Waals surface area contributed by atoms with Gasteiger partial charge in [0.25, 0.3) is 0 Å². The van der Waals surface area contributed by atoms with Gasteiger partial charge in [-0.1, -0.05) is 12.1 Å². The lowest BCUT2D eigenvalue weighted by Crippen LogP contribution is -2.07. The molecule has 4 rings (SSSR count). The van der Waals surface area contributed by atoms with Crippen molar-refractivity contribution in [1.82, 2.24) is 0 Å². The van der Waals surface area contributed by atoms with Gasteiger partial charge in [0, 0.05) is 0 Å². The third kappa shape index (κ3) is 4.41. The van der Waals surface area contributed by atoms with Crippen LogP contribution in [0, 0.1) is 6.92 Å². The highest BCUT2D eigenvalue weighted by Crippen LogP contribution is 2.34. The number of alkyl halides is 3. The predicted molar refractivity (Wildman–Crippen MR) is 115 cm³/mol. The number of fused-ring (bicyclic) bond motifs is 1. The minimum atomic E-state index is -4.42. The van der Waals surface area contributed by atoms with Crippen LogP contribution in [0.15, 0.2) is 65.4 Å². The molecule has 3 aromatic carbocycles. The van der Waals surface area contributed by atoms with Crippen molar-refractivity contribution in [3.05, 3.63) is 87.6 Å². The van der Waals surface area contributed by atoms with Crippen LogP contribution >= 0.6 is 11.3 Å². The number of carboxylic acids is 1. The molecule has 0 aliphatic rings. The van der Waals surface area contributed by atoms with E-state index in [1.807, 2.05) is 22.9 Å². The number of ether oxygens (including phenoxy) is 1. The summed E-state index contributed by atoms with van der Waals surface area (Å²) in [5.41, 5.74) is 2.29. The van der Waals surface area contributed by atoms with E-state index in [4.69, 9.17) is 4.74 Å². The van der Waals surface area contributed by atoms with E-state index < -0.39 is 17.7 Å². The SMILES string of the molecule is Cc1ccc(C(F)(F)F)cc1COc1ccc2c(-c3ccsc3)cc(C(=O)O)cc2c1. The van der Waals surface area contributed by atoms with Crippen LogP contribution in [0.4, 0.5) is 13.2 Å². The first-order chi connectivity index (χ1) is 14.7. The molecule has 1 heterocycles. The molecule has 0 atom stereocenters. The number of hydrogen-bond donors (Lipinski definition) is 1. The fourth-order valence-electron chi connectivity index (χ4n) is 3.38. The molecule has 1 aromatic heterocycles. The van der Waals surface area contributed by atoms with E-state index in [9.17, 15) is 23.1 Å². The number of carboxylic acid groups (broad SMARTS) is 1. The Kier molecular flexibility index (Phi) is 5.45. The summed E-state index contributed by atoms with van der Waals surface area (Å²) in [5.74, 6) is -0.590. The fourth-order valence-corrected chi connectivity index (χ4v) is 4.04. The number of halogens is 3. The molecule has 0 saturated heterocycles. The summed E-state index contributed by atoms with van der Waals surface area (Å²) in [6, 6.07) is 14.0. The molecule has 158 valence electrons. The van der Waals surface area contributed by atoms with E-state index in [0.717, 1.165) is 28.6 Å². The van der Waals surface area contributed by atoms with E-state index in [-0.39, 0.29) is 12.2 Å². The summed E-state index contributed by atoms with van der Waals surface area (Å²) < 4.78 is 44.8. The zero-order chi connectivity index (χ0) is 22.2. The van der Waals surface area contributed by atoms with Crippen molar-refractivity contribution >= 4 is 28.1 Å². The minimum Gasteiger partial charge on any atom is -0.489 e.